The van der Waals surface area contributed by atoms with Gasteiger partial charge in [0.25, 0.3) is 0 Å². The number of aromatic nitrogens is 3. The molecule has 2 aliphatic rings. The number of nitrogens with zero attached hydrogens (tertiary/aromatic N) is 6. The van der Waals surface area contributed by atoms with Crippen LogP contribution in [0.3, 0.4) is 0 Å². The first-order valence-corrected chi connectivity index (χ1v) is 12.7. The Morgan fingerprint density at radius 2 is 2.03 bits per heavy atom. The third-order valence-corrected chi connectivity index (χ3v) is 7.25. The number of fused-ring (bicyclic) bond motifs is 1. The highest BCUT2D eigenvalue weighted by Crippen LogP contribution is 2.36. The molecular formula is C24H32N6O3S. The fraction of sp³-hybridized carbons (Fsp3) is 0.542. The summed E-state index contributed by atoms with van der Waals surface area (Å²) in [6.07, 6.45) is 5.57. The van der Waals surface area contributed by atoms with E-state index in [9.17, 15) is 0 Å². The number of hydrogen-bond donors (Lipinski definition) is 0. The number of piperidine rings is 1. The van der Waals surface area contributed by atoms with Crippen LogP contribution in [0.2, 0.25) is 0 Å². The van der Waals surface area contributed by atoms with Crippen molar-refractivity contribution in [1.29, 1.82) is 0 Å². The summed E-state index contributed by atoms with van der Waals surface area (Å²) in [6.45, 7) is 5.37. The van der Waals surface area contributed by atoms with E-state index in [0.717, 1.165) is 74.0 Å². The van der Waals surface area contributed by atoms with E-state index in [1.54, 1.807) is 22.7 Å². The van der Waals surface area contributed by atoms with Gasteiger partial charge in [-0.2, -0.15) is 5.06 Å². The Labute approximate surface area is 204 Å². The lowest BCUT2D eigenvalue weighted by molar-refractivity contribution is -0.219. The maximum absolute atomic E-state index is 6.20. The van der Waals surface area contributed by atoms with E-state index in [2.05, 4.69) is 38.0 Å². The SMILES string of the molecule is CN(C)OCOC(c1nccs1)C1CCCN(c2ncnc3cc(N4CCOCC4)ccc23)C1. The average Bonchev–Trinajstić information content (AvgIpc) is 3.41. The maximum Gasteiger partial charge on any atom is 0.168 e. The van der Waals surface area contributed by atoms with Crippen molar-refractivity contribution in [2.75, 3.05) is 70.1 Å². The molecule has 10 heteroatoms. The van der Waals surface area contributed by atoms with Crippen molar-refractivity contribution in [1.82, 2.24) is 20.0 Å². The van der Waals surface area contributed by atoms with Gasteiger partial charge in [0.1, 0.15) is 23.3 Å². The van der Waals surface area contributed by atoms with E-state index in [-0.39, 0.29) is 12.9 Å². The van der Waals surface area contributed by atoms with Crippen molar-refractivity contribution < 1.29 is 14.3 Å². The molecule has 2 fully saturated rings. The molecule has 3 aromatic rings. The normalized spacial score (nSPS) is 20.3. The molecule has 0 bridgehead atoms. The molecule has 34 heavy (non-hydrogen) atoms. The highest BCUT2D eigenvalue weighted by atomic mass is 32.1. The minimum absolute atomic E-state index is 0.108. The minimum Gasteiger partial charge on any atom is -0.378 e. The van der Waals surface area contributed by atoms with Gasteiger partial charge in [0.15, 0.2) is 6.79 Å². The Kier molecular flexibility index (Phi) is 7.51. The second-order valence-electron chi connectivity index (χ2n) is 8.86. The first kappa shape index (κ1) is 23.4. The van der Waals surface area contributed by atoms with Gasteiger partial charge in [-0.3, -0.25) is 4.84 Å². The summed E-state index contributed by atoms with van der Waals surface area (Å²) in [5, 5.41) is 5.74. The third kappa shape index (κ3) is 5.31. The Hall–Kier alpha value is -2.37. The molecule has 2 unspecified atom stereocenters. The number of ether oxygens (including phenoxy) is 2. The standard InChI is InChI=1S/C24H32N6O3S/c1-28(2)33-17-32-22(24-25-7-13-34-24)18-4-3-8-30(15-18)23-20-6-5-19(14-21(20)26-16-27-23)29-9-11-31-12-10-29/h5-7,13-14,16,18,22H,3-4,8-12,15,17H2,1-2H3. The Balaban J connectivity index is 1.36. The first-order chi connectivity index (χ1) is 16.7. The van der Waals surface area contributed by atoms with Gasteiger partial charge in [-0.25, -0.2) is 15.0 Å². The topological polar surface area (TPSA) is 76.1 Å². The third-order valence-electron chi connectivity index (χ3n) is 6.41. The van der Waals surface area contributed by atoms with Crippen LogP contribution in [-0.2, 0) is 14.3 Å². The summed E-state index contributed by atoms with van der Waals surface area (Å²) in [7, 11) is 3.71. The van der Waals surface area contributed by atoms with E-state index in [4.69, 9.17) is 19.3 Å². The van der Waals surface area contributed by atoms with Gasteiger partial charge in [-0.1, -0.05) is 0 Å². The summed E-state index contributed by atoms with van der Waals surface area (Å²) >= 11 is 1.64. The predicted octanol–water partition coefficient (Wildman–Crippen LogP) is 3.35. The molecule has 2 aliphatic heterocycles. The number of thiazole rings is 1. The minimum atomic E-state index is -0.108. The number of anilines is 2. The van der Waals surface area contributed by atoms with E-state index in [1.807, 2.05) is 25.7 Å². The van der Waals surface area contributed by atoms with E-state index < -0.39 is 0 Å². The van der Waals surface area contributed by atoms with Gasteiger partial charge >= 0.3 is 0 Å². The molecular weight excluding hydrogens is 452 g/mol. The molecule has 182 valence electrons. The quantitative estimate of drug-likeness (QED) is 0.353. The molecule has 2 saturated heterocycles. The smallest absolute Gasteiger partial charge is 0.168 e. The first-order valence-electron chi connectivity index (χ1n) is 11.8. The van der Waals surface area contributed by atoms with Crippen LogP contribution in [0.4, 0.5) is 11.5 Å². The highest BCUT2D eigenvalue weighted by molar-refractivity contribution is 7.09. The molecule has 0 radical (unpaired) electrons. The lowest BCUT2D eigenvalue weighted by Gasteiger charge is -2.37. The average molecular weight is 485 g/mol. The highest BCUT2D eigenvalue weighted by Gasteiger charge is 2.32. The molecule has 0 spiro atoms. The number of morpholine rings is 1. The molecule has 1 aromatic carbocycles. The van der Waals surface area contributed by atoms with Crippen LogP contribution in [0.25, 0.3) is 10.9 Å². The fourth-order valence-corrected chi connectivity index (χ4v) is 5.52. The molecule has 5 rings (SSSR count). The zero-order valence-electron chi connectivity index (χ0n) is 19.8. The molecule has 0 aliphatic carbocycles. The molecule has 0 amide bonds. The van der Waals surface area contributed by atoms with Crippen LogP contribution in [-0.4, -0.2) is 80.3 Å². The molecule has 0 saturated carbocycles. The van der Waals surface area contributed by atoms with Crippen LogP contribution in [0.15, 0.2) is 36.1 Å². The molecule has 9 nitrogen and oxygen atoms in total. The van der Waals surface area contributed by atoms with Crippen LogP contribution in [0.5, 0.6) is 0 Å². The molecule has 0 N–H and O–H groups in total. The largest absolute Gasteiger partial charge is 0.378 e. The number of benzene rings is 1. The fourth-order valence-electron chi connectivity index (χ4n) is 4.74. The van der Waals surface area contributed by atoms with Crippen LogP contribution < -0.4 is 9.80 Å². The summed E-state index contributed by atoms with van der Waals surface area (Å²) in [5.41, 5.74) is 2.17. The van der Waals surface area contributed by atoms with E-state index in [1.165, 1.54) is 5.69 Å². The lowest BCUT2D eigenvalue weighted by atomic mass is 9.92. The molecule has 4 heterocycles. The van der Waals surface area contributed by atoms with Crippen molar-refractivity contribution in [3.05, 3.63) is 41.1 Å². The molecule has 2 aromatic heterocycles. The summed E-state index contributed by atoms with van der Waals surface area (Å²) in [6, 6.07) is 6.52. The van der Waals surface area contributed by atoms with Gasteiger partial charge in [-0.05, 0) is 31.0 Å². The zero-order chi connectivity index (χ0) is 23.3. The van der Waals surface area contributed by atoms with Crippen LogP contribution >= 0.6 is 11.3 Å². The van der Waals surface area contributed by atoms with Gasteiger partial charge in [0.05, 0.1) is 18.7 Å². The van der Waals surface area contributed by atoms with Crippen LogP contribution in [0, 0.1) is 5.92 Å². The Morgan fingerprint density at radius 1 is 1.15 bits per heavy atom. The molecule has 2 atom stereocenters. The summed E-state index contributed by atoms with van der Waals surface area (Å²) < 4.78 is 11.7. The monoisotopic (exact) mass is 484 g/mol. The second kappa shape index (κ2) is 10.9. The maximum atomic E-state index is 6.20. The second-order valence-corrected chi connectivity index (χ2v) is 9.79. The Bertz CT molecular complexity index is 1060. The van der Waals surface area contributed by atoms with Crippen molar-refractivity contribution in [2.45, 2.75) is 18.9 Å². The number of rotatable bonds is 8. The number of hydroxylamine groups is 2. The summed E-state index contributed by atoms with van der Waals surface area (Å²) in [4.78, 5) is 24.1. The van der Waals surface area contributed by atoms with E-state index in [0.29, 0.717) is 5.92 Å². The van der Waals surface area contributed by atoms with Crippen LogP contribution in [0.1, 0.15) is 24.0 Å². The van der Waals surface area contributed by atoms with Crippen molar-refractivity contribution in [2.24, 2.45) is 5.92 Å². The van der Waals surface area contributed by atoms with E-state index >= 15 is 0 Å². The zero-order valence-corrected chi connectivity index (χ0v) is 20.6. The van der Waals surface area contributed by atoms with Gasteiger partial charge in [-0.15, -0.1) is 11.3 Å². The van der Waals surface area contributed by atoms with Gasteiger partial charge < -0.3 is 19.3 Å². The number of hydrogen-bond acceptors (Lipinski definition) is 10. The van der Waals surface area contributed by atoms with Gasteiger partial charge in [0.2, 0.25) is 0 Å². The van der Waals surface area contributed by atoms with Gasteiger partial charge in [0, 0.05) is 68.8 Å². The Morgan fingerprint density at radius 3 is 2.82 bits per heavy atom. The predicted molar refractivity (Wildman–Crippen MR) is 133 cm³/mol. The van der Waals surface area contributed by atoms with Crippen molar-refractivity contribution in [3.8, 4) is 0 Å². The summed E-state index contributed by atoms with van der Waals surface area (Å²) in [5.74, 6) is 1.29. The lowest BCUT2D eigenvalue weighted by Crippen LogP contribution is -2.39. The van der Waals surface area contributed by atoms with Crippen molar-refractivity contribution in [3.63, 3.8) is 0 Å². The van der Waals surface area contributed by atoms with Crippen molar-refractivity contribution >= 4 is 33.7 Å².